The Morgan fingerprint density at radius 3 is 2.44 bits per heavy atom. The average molecular weight is 491 g/mol. The molecule has 1 atom stereocenters. The predicted octanol–water partition coefficient (Wildman–Crippen LogP) is 3.16. The molecule has 1 spiro atoms. The maximum absolute atomic E-state index is 12.4. The number of hydrogen-bond acceptors (Lipinski definition) is 7. The van der Waals surface area contributed by atoms with E-state index in [1.807, 2.05) is 0 Å². The second-order valence-electron chi connectivity index (χ2n) is 11.1. The van der Waals surface area contributed by atoms with Crippen LogP contribution < -0.4 is 16.2 Å². The second-order valence-corrected chi connectivity index (χ2v) is 11.1. The molecule has 3 N–H and O–H groups in total. The number of hydrazine groups is 1. The van der Waals surface area contributed by atoms with Gasteiger partial charge in [0.25, 0.3) is 5.91 Å². The van der Waals surface area contributed by atoms with Crippen LogP contribution in [0.25, 0.3) is 0 Å². The van der Waals surface area contributed by atoms with Gasteiger partial charge < -0.3 is 5.32 Å². The number of carbonyl (C=O) groups is 2. The molecule has 3 aliphatic rings. The highest BCUT2D eigenvalue weighted by Gasteiger charge is 2.48. The van der Waals surface area contributed by atoms with Crippen molar-refractivity contribution in [3.63, 3.8) is 0 Å². The monoisotopic (exact) mass is 490 g/mol. The third-order valence-electron chi connectivity index (χ3n) is 8.81. The summed E-state index contributed by atoms with van der Waals surface area (Å²) in [6, 6.07) is 10.8. The van der Waals surface area contributed by atoms with Crippen LogP contribution in [0.5, 0.6) is 0 Å². The minimum absolute atomic E-state index is 0.000128. The average Bonchev–Trinajstić information content (AvgIpc) is 3.29. The van der Waals surface area contributed by atoms with E-state index in [4.69, 9.17) is 0 Å². The number of ketones is 1. The van der Waals surface area contributed by atoms with Gasteiger partial charge in [-0.1, -0.05) is 36.8 Å². The van der Waals surface area contributed by atoms with Gasteiger partial charge in [-0.05, 0) is 70.5 Å². The molecule has 1 aliphatic heterocycles. The molecule has 192 valence electrons. The molecule has 2 saturated carbocycles. The first kappa shape index (κ1) is 25.0. The van der Waals surface area contributed by atoms with E-state index < -0.39 is 5.91 Å². The van der Waals surface area contributed by atoms with E-state index in [1.165, 1.54) is 5.56 Å². The molecule has 2 aromatic rings. The first-order chi connectivity index (χ1) is 17.4. The largest absolute Gasteiger partial charge is 0.344 e. The molecule has 1 saturated heterocycles. The van der Waals surface area contributed by atoms with Crippen molar-refractivity contribution < 1.29 is 9.59 Å². The molecule has 0 bridgehead atoms. The molecule has 2 aliphatic carbocycles. The fourth-order valence-electron chi connectivity index (χ4n) is 6.23. The lowest BCUT2D eigenvalue weighted by Crippen LogP contribution is -2.53. The SMILES string of the molecule is CN(C)C1(c2ccccc2)CCC2(CC1)C[C@@H](c1nccnc1CNC(=O)C(=O)CC1CCC1)NN2. The Bertz CT molecular complexity index is 1080. The molecule has 5 rings (SSSR count). The van der Waals surface area contributed by atoms with E-state index in [9.17, 15) is 9.59 Å². The highest BCUT2D eigenvalue weighted by atomic mass is 16.2. The summed E-state index contributed by atoms with van der Waals surface area (Å²) in [5.41, 5.74) is 10.1. The maximum atomic E-state index is 12.4. The van der Waals surface area contributed by atoms with Gasteiger partial charge in [-0.25, -0.2) is 5.43 Å². The number of aromatic nitrogens is 2. The van der Waals surface area contributed by atoms with Crippen molar-refractivity contribution in [3.8, 4) is 0 Å². The fraction of sp³-hybridized carbons (Fsp3) is 0.571. The number of carbonyl (C=O) groups excluding carboxylic acids is 2. The van der Waals surface area contributed by atoms with Crippen molar-refractivity contribution in [1.82, 2.24) is 31.0 Å². The third-order valence-corrected chi connectivity index (χ3v) is 8.81. The van der Waals surface area contributed by atoms with Crippen molar-refractivity contribution in [2.24, 2.45) is 5.92 Å². The van der Waals surface area contributed by atoms with E-state index in [-0.39, 0.29) is 29.4 Å². The first-order valence-electron chi connectivity index (χ1n) is 13.3. The van der Waals surface area contributed by atoms with Gasteiger partial charge in [0.2, 0.25) is 5.78 Å². The molecule has 3 fully saturated rings. The van der Waals surface area contributed by atoms with E-state index >= 15 is 0 Å². The minimum Gasteiger partial charge on any atom is -0.344 e. The molecule has 1 aromatic carbocycles. The fourth-order valence-corrected chi connectivity index (χ4v) is 6.23. The van der Waals surface area contributed by atoms with Gasteiger partial charge in [0, 0.05) is 29.9 Å². The highest BCUT2D eigenvalue weighted by molar-refractivity contribution is 6.36. The van der Waals surface area contributed by atoms with Crippen LogP contribution in [0.2, 0.25) is 0 Å². The Morgan fingerprint density at radius 2 is 1.78 bits per heavy atom. The van der Waals surface area contributed by atoms with Crippen LogP contribution in [0.3, 0.4) is 0 Å². The van der Waals surface area contributed by atoms with Crippen molar-refractivity contribution in [2.45, 2.75) is 81.5 Å². The maximum Gasteiger partial charge on any atom is 0.287 e. The van der Waals surface area contributed by atoms with Gasteiger partial charge >= 0.3 is 0 Å². The number of rotatable bonds is 8. The molecular formula is C28H38N6O2. The summed E-state index contributed by atoms with van der Waals surface area (Å²) in [5.74, 6) is -0.459. The Kier molecular flexibility index (Phi) is 7.19. The lowest BCUT2D eigenvalue weighted by atomic mass is 9.67. The Balaban J connectivity index is 1.22. The number of amides is 1. The van der Waals surface area contributed by atoms with Crippen LogP contribution in [-0.4, -0.2) is 46.2 Å². The van der Waals surface area contributed by atoms with E-state index in [0.29, 0.717) is 18.0 Å². The van der Waals surface area contributed by atoms with E-state index in [0.717, 1.165) is 57.1 Å². The summed E-state index contributed by atoms with van der Waals surface area (Å²) in [4.78, 5) is 36.1. The summed E-state index contributed by atoms with van der Waals surface area (Å²) in [5, 5.41) is 2.78. The molecule has 0 radical (unpaired) electrons. The quantitative estimate of drug-likeness (QED) is 0.489. The van der Waals surface area contributed by atoms with Crippen LogP contribution in [0, 0.1) is 5.92 Å². The van der Waals surface area contributed by atoms with Crippen LogP contribution in [0.4, 0.5) is 0 Å². The molecule has 8 heteroatoms. The van der Waals surface area contributed by atoms with Crippen LogP contribution in [0.15, 0.2) is 42.7 Å². The van der Waals surface area contributed by atoms with Gasteiger partial charge in [-0.15, -0.1) is 0 Å². The number of hydrogen-bond donors (Lipinski definition) is 3. The summed E-state index contributed by atoms with van der Waals surface area (Å²) >= 11 is 0. The zero-order chi connectivity index (χ0) is 25.2. The highest BCUT2D eigenvalue weighted by Crippen LogP contribution is 2.48. The van der Waals surface area contributed by atoms with Gasteiger partial charge in [0.15, 0.2) is 0 Å². The molecule has 36 heavy (non-hydrogen) atoms. The van der Waals surface area contributed by atoms with Crippen LogP contribution in [0.1, 0.15) is 80.8 Å². The lowest BCUT2D eigenvalue weighted by Gasteiger charge is -2.49. The van der Waals surface area contributed by atoms with Crippen molar-refractivity contribution in [2.75, 3.05) is 14.1 Å². The molecule has 1 amide bonds. The van der Waals surface area contributed by atoms with Crippen molar-refractivity contribution in [3.05, 3.63) is 59.7 Å². The number of nitrogens with one attached hydrogen (secondary N) is 3. The summed E-state index contributed by atoms with van der Waals surface area (Å²) in [7, 11) is 4.37. The summed E-state index contributed by atoms with van der Waals surface area (Å²) < 4.78 is 0. The number of benzene rings is 1. The van der Waals surface area contributed by atoms with E-state index in [2.05, 4.69) is 75.5 Å². The topological polar surface area (TPSA) is 99.2 Å². The van der Waals surface area contributed by atoms with Crippen molar-refractivity contribution in [1.29, 1.82) is 0 Å². The van der Waals surface area contributed by atoms with Crippen LogP contribution in [-0.2, 0) is 21.7 Å². The smallest absolute Gasteiger partial charge is 0.287 e. The molecular weight excluding hydrogens is 452 g/mol. The molecule has 1 aromatic heterocycles. The Hall–Kier alpha value is -2.68. The van der Waals surface area contributed by atoms with Crippen molar-refractivity contribution >= 4 is 11.7 Å². The standard InChI is InChI=1S/C28H38N6O2/c1-34(2)28(21-9-4-3-5-10-21)13-11-27(12-14-28)18-22(32-33-27)25-23(29-15-16-30-25)19-31-26(36)24(35)17-20-7-6-8-20/h3-5,9-10,15-16,20,22,32-33H,6-8,11-14,17-19H2,1-2H3,(H,31,36)/t22-,27?,28?/m0/s1. The zero-order valence-corrected chi connectivity index (χ0v) is 21.4. The van der Waals surface area contributed by atoms with Gasteiger partial charge in [0.1, 0.15) is 0 Å². The van der Waals surface area contributed by atoms with Gasteiger partial charge in [-0.3, -0.25) is 29.9 Å². The lowest BCUT2D eigenvalue weighted by molar-refractivity contribution is -0.138. The third kappa shape index (κ3) is 4.94. The first-order valence-corrected chi connectivity index (χ1v) is 13.3. The minimum atomic E-state index is -0.513. The number of Topliss-reactive ketones (excluding diaryl/α,β-unsaturated/α-hetero) is 1. The van der Waals surface area contributed by atoms with Crippen LogP contribution >= 0.6 is 0 Å². The number of nitrogens with zero attached hydrogens (tertiary/aromatic N) is 3. The predicted molar refractivity (Wildman–Crippen MR) is 137 cm³/mol. The molecule has 2 heterocycles. The Morgan fingerprint density at radius 1 is 1.06 bits per heavy atom. The molecule has 0 unspecified atom stereocenters. The van der Waals surface area contributed by atoms with Gasteiger partial charge in [-0.2, -0.15) is 0 Å². The Labute approximate surface area is 213 Å². The summed E-state index contributed by atoms with van der Waals surface area (Å²) in [6.45, 7) is 0.210. The zero-order valence-electron chi connectivity index (χ0n) is 21.4. The normalized spacial score (nSPS) is 28.2. The molecule has 8 nitrogen and oxygen atoms in total. The van der Waals surface area contributed by atoms with E-state index in [1.54, 1.807) is 12.4 Å². The summed E-state index contributed by atoms with van der Waals surface area (Å²) in [6.07, 6.45) is 12.1. The second kappa shape index (κ2) is 10.4. The van der Waals surface area contributed by atoms with Gasteiger partial charge in [0.05, 0.1) is 24.0 Å².